The molecule has 0 atom stereocenters. The summed E-state index contributed by atoms with van der Waals surface area (Å²) in [5, 5.41) is 0.609. The van der Waals surface area contributed by atoms with Crippen molar-refractivity contribution in [1.29, 1.82) is 0 Å². The normalized spacial score (nSPS) is 11.3. The average molecular weight is 312 g/mol. The number of pyridine rings is 1. The molecular weight excluding hydrogens is 292 g/mol. The topological polar surface area (TPSA) is 12.9 Å². The van der Waals surface area contributed by atoms with Gasteiger partial charge in [0.2, 0.25) is 0 Å². The molecule has 1 nitrogen and oxygen atoms in total. The van der Waals surface area contributed by atoms with Crippen molar-refractivity contribution in [2.24, 2.45) is 0 Å². The predicted octanol–water partition coefficient (Wildman–Crippen LogP) is 5.99. The summed E-state index contributed by atoms with van der Waals surface area (Å²) in [5.41, 5.74) is 1.92. The van der Waals surface area contributed by atoms with Crippen LogP contribution in [0.5, 0.6) is 0 Å². The number of halogens is 3. The van der Waals surface area contributed by atoms with Crippen LogP contribution in [0.25, 0.3) is 10.9 Å². The summed E-state index contributed by atoms with van der Waals surface area (Å²) < 4.78 is 27.2. The van der Waals surface area contributed by atoms with Crippen molar-refractivity contribution in [2.75, 3.05) is 0 Å². The molecule has 0 saturated heterocycles. The lowest BCUT2D eigenvalue weighted by molar-refractivity contribution is 0.591. The van der Waals surface area contributed by atoms with Crippen LogP contribution in [0.15, 0.2) is 12.1 Å². The monoisotopic (exact) mass is 311 g/mol. The van der Waals surface area contributed by atoms with E-state index in [2.05, 4.69) is 11.9 Å². The second-order valence-corrected chi connectivity index (χ2v) is 5.81. The average Bonchev–Trinajstić information content (AvgIpc) is 2.40. The van der Waals surface area contributed by atoms with Crippen LogP contribution in [-0.4, -0.2) is 4.98 Å². The Morgan fingerprint density at radius 1 is 1.10 bits per heavy atom. The van der Waals surface area contributed by atoms with E-state index in [1.54, 1.807) is 0 Å². The quantitative estimate of drug-likeness (QED) is 0.597. The third kappa shape index (κ3) is 3.70. The standard InChI is InChI=1S/C17H20ClF2N/c1-3-4-5-6-7-8-13-11(2)21-15-10-12(19)9-14(20)16(15)17(13)18/h9-10H,3-8H2,1-2H3. The molecule has 0 aliphatic carbocycles. The molecule has 1 heterocycles. The predicted molar refractivity (Wildman–Crippen MR) is 83.9 cm³/mol. The Labute approximate surface area is 129 Å². The van der Waals surface area contributed by atoms with Crippen molar-refractivity contribution in [3.63, 3.8) is 0 Å². The van der Waals surface area contributed by atoms with E-state index in [1.807, 2.05) is 6.92 Å². The van der Waals surface area contributed by atoms with Gasteiger partial charge in [-0.2, -0.15) is 0 Å². The number of nitrogens with zero attached hydrogens (tertiary/aromatic N) is 1. The molecule has 0 spiro atoms. The van der Waals surface area contributed by atoms with Gasteiger partial charge in [0, 0.05) is 17.8 Å². The van der Waals surface area contributed by atoms with Gasteiger partial charge in [-0.3, -0.25) is 4.98 Å². The zero-order valence-electron chi connectivity index (χ0n) is 12.5. The van der Waals surface area contributed by atoms with Crippen molar-refractivity contribution in [3.8, 4) is 0 Å². The molecule has 2 aromatic rings. The molecule has 0 unspecified atom stereocenters. The Kier molecular flexibility index (Phi) is 5.51. The summed E-state index contributed by atoms with van der Waals surface area (Å²) >= 11 is 6.34. The molecule has 0 saturated carbocycles. The maximum atomic E-state index is 13.9. The van der Waals surface area contributed by atoms with Crippen LogP contribution in [0.1, 0.15) is 50.3 Å². The smallest absolute Gasteiger partial charge is 0.137 e. The van der Waals surface area contributed by atoms with Crippen LogP contribution < -0.4 is 0 Å². The molecular formula is C17H20ClF2N. The van der Waals surface area contributed by atoms with Gasteiger partial charge in [0.15, 0.2) is 0 Å². The summed E-state index contributed by atoms with van der Waals surface area (Å²) in [4.78, 5) is 4.31. The van der Waals surface area contributed by atoms with Crippen LogP contribution in [0.3, 0.4) is 0 Å². The zero-order chi connectivity index (χ0) is 15.4. The lowest BCUT2D eigenvalue weighted by Gasteiger charge is -2.11. The highest BCUT2D eigenvalue weighted by atomic mass is 35.5. The second-order valence-electron chi connectivity index (χ2n) is 5.44. The van der Waals surface area contributed by atoms with Crippen molar-refractivity contribution in [1.82, 2.24) is 4.98 Å². The molecule has 4 heteroatoms. The first-order valence-electron chi connectivity index (χ1n) is 7.48. The third-order valence-corrected chi connectivity index (χ3v) is 4.19. The number of hydrogen-bond donors (Lipinski definition) is 0. The Bertz CT molecular complexity index is 640. The number of rotatable bonds is 6. The minimum Gasteiger partial charge on any atom is -0.253 e. The lowest BCUT2D eigenvalue weighted by Crippen LogP contribution is -1.99. The maximum absolute atomic E-state index is 13.9. The molecule has 2 rings (SSSR count). The number of fused-ring (bicyclic) bond motifs is 1. The molecule has 0 aliphatic rings. The molecule has 1 aromatic carbocycles. The van der Waals surface area contributed by atoms with Crippen molar-refractivity contribution in [2.45, 2.75) is 52.4 Å². The van der Waals surface area contributed by atoms with Gasteiger partial charge in [-0.25, -0.2) is 8.78 Å². The fraction of sp³-hybridized carbons (Fsp3) is 0.471. The Hall–Kier alpha value is -1.22. The van der Waals surface area contributed by atoms with E-state index in [0.29, 0.717) is 5.02 Å². The molecule has 21 heavy (non-hydrogen) atoms. The zero-order valence-corrected chi connectivity index (χ0v) is 13.2. The van der Waals surface area contributed by atoms with E-state index >= 15 is 0 Å². The highest BCUT2D eigenvalue weighted by molar-refractivity contribution is 6.36. The Morgan fingerprint density at radius 2 is 1.81 bits per heavy atom. The Morgan fingerprint density at radius 3 is 2.52 bits per heavy atom. The number of aryl methyl sites for hydroxylation is 1. The van der Waals surface area contributed by atoms with E-state index in [9.17, 15) is 8.78 Å². The van der Waals surface area contributed by atoms with Gasteiger partial charge in [-0.1, -0.05) is 44.2 Å². The van der Waals surface area contributed by atoms with Crippen molar-refractivity contribution >= 4 is 22.5 Å². The highest BCUT2D eigenvalue weighted by Gasteiger charge is 2.15. The maximum Gasteiger partial charge on any atom is 0.137 e. The summed E-state index contributed by atoms with van der Waals surface area (Å²) in [5.74, 6) is -1.27. The van der Waals surface area contributed by atoms with Gasteiger partial charge < -0.3 is 0 Å². The van der Waals surface area contributed by atoms with E-state index in [1.165, 1.54) is 25.3 Å². The third-order valence-electron chi connectivity index (χ3n) is 3.77. The molecule has 0 N–H and O–H groups in total. The van der Waals surface area contributed by atoms with Gasteiger partial charge in [0.1, 0.15) is 11.6 Å². The second kappa shape index (κ2) is 7.17. The number of benzene rings is 1. The summed E-state index contributed by atoms with van der Waals surface area (Å²) in [6.07, 6.45) is 6.57. The summed E-state index contributed by atoms with van der Waals surface area (Å²) in [6, 6.07) is 2.08. The van der Waals surface area contributed by atoms with Crippen LogP contribution in [0.2, 0.25) is 5.02 Å². The summed E-state index contributed by atoms with van der Waals surface area (Å²) in [6.45, 7) is 4.02. The van der Waals surface area contributed by atoms with Crippen LogP contribution in [0, 0.1) is 18.6 Å². The lowest BCUT2D eigenvalue weighted by atomic mass is 10.0. The van der Waals surface area contributed by atoms with Gasteiger partial charge in [0.05, 0.1) is 15.9 Å². The van der Waals surface area contributed by atoms with Crippen LogP contribution in [0.4, 0.5) is 8.78 Å². The molecule has 0 amide bonds. The largest absolute Gasteiger partial charge is 0.253 e. The molecule has 114 valence electrons. The first kappa shape index (κ1) is 16.2. The fourth-order valence-electron chi connectivity index (χ4n) is 2.62. The van der Waals surface area contributed by atoms with E-state index in [-0.39, 0.29) is 10.9 Å². The molecule has 1 aromatic heterocycles. The minimum atomic E-state index is -0.644. The minimum absolute atomic E-state index is 0.229. The first-order valence-corrected chi connectivity index (χ1v) is 7.86. The molecule has 0 radical (unpaired) electrons. The number of aromatic nitrogens is 1. The SMILES string of the molecule is CCCCCCCc1c(C)nc2cc(F)cc(F)c2c1Cl. The van der Waals surface area contributed by atoms with E-state index in [0.717, 1.165) is 36.6 Å². The van der Waals surface area contributed by atoms with Crippen molar-refractivity contribution < 1.29 is 8.78 Å². The van der Waals surface area contributed by atoms with Gasteiger partial charge in [0.25, 0.3) is 0 Å². The van der Waals surface area contributed by atoms with Crippen LogP contribution >= 0.6 is 11.6 Å². The first-order chi connectivity index (χ1) is 10.0. The summed E-state index contributed by atoms with van der Waals surface area (Å²) in [7, 11) is 0. The fourth-order valence-corrected chi connectivity index (χ4v) is 3.04. The van der Waals surface area contributed by atoms with Gasteiger partial charge in [-0.15, -0.1) is 0 Å². The Balaban J connectivity index is 2.28. The van der Waals surface area contributed by atoms with Crippen molar-refractivity contribution in [3.05, 3.63) is 40.0 Å². The molecule has 0 aliphatic heterocycles. The van der Waals surface area contributed by atoms with Gasteiger partial charge >= 0.3 is 0 Å². The number of unbranched alkanes of at least 4 members (excludes halogenated alkanes) is 4. The van der Waals surface area contributed by atoms with Crippen LogP contribution in [-0.2, 0) is 6.42 Å². The molecule has 0 bridgehead atoms. The molecule has 0 fully saturated rings. The van der Waals surface area contributed by atoms with E-state index < -0.39 is 11.6 Å². The van der Waals surface area contributed by atoms with E-state index in [4.69, 9.17) is 11.6 Å². The van der Waals surface area contributed by atoms with Gasteiger partial charge in [-0.05, 0) is 25.3 Å². The number of hydrogen-bond acceptors (Lipinski definition) is 1. The highest BCUT2D eigenvalue weighted by Crippen LogP contribution is 2.31.